The van der Waals surface area contributed by atoms with Crippen LogP contribution in [0.3, 0.4) is 0 Å². The van der Waals surface area contributed by atoms with Gasteiger partial charge >= 0.3 is 0 Å². The van der Waals surface area contributed by atoms with Crippen molar-refractivity contribution in [2.45, 2.75) is 39.2 Å². The Labute approximate surface area is 128 Å². The molecule has 2 rings (SSSR count). The van der Waals surface area contributed by atoms with Gasteiger partial charge in [-0.15, -0.1) is 0 Å². The summed E-state index contributed by atoms with van der Waals surface area (Å²) in [7, 11) is 2.20. The van der Waals surface area contributed by atoms with Crippen LogP contribution in [0.2, 0.25) is 0 Å². The SMILES string of the molecule is Cc1cccnc1CC(C)N(C)CCCc1cccnc1. The first-order chi connectivity index (χ1) is 10.2. The quantitative estimate of drug-likeness (QED) is 0.781. The molecule has 2 aromatic heterocycles. The van der Waals surface area contributed by atoms with E-state index in [4.69, 9.17) is 0 Å². The molecule has 0 spiro atoms. The van der Waals surface area contributed by atoms with E-state index in [1.165, 1.54) is 16.8 Å². The van der Waals surface area contributed by atoms with E-state index in [0.717, 1.165) is 25.8 Å². The molecule has 0 aliphatic heterocycles. The van der Waals surface area contributed by atoms with Crippen molar-refractivity contribution < 1.29 is 0 Å². The van der Waals surface area contributed by atoms with Crippen molar-refractivity contribution in [3.63, 3.8) is 0 Å². The molecule has 0 bridgehead atoms. The highest BCUT2D eigenvalue weighted by Gasteiger charge is 2.11. The molecule has 0 amide bonds. The van der Waals surface area contributed by atoms with Crippen LogP contribution in [0.1, 0.15) is 30.2 Å². The lowest BCUT2D eigenvalue weighted by Crippen LogP contribution is -2.32. The molecule has 21 heavy (non-hydrogen) atoms. The van der Waals surface area contributed by atoms with Gasteiger partial charge in [-0.3, -0.25) is 9.97 Å². The normalized spacial score (nSPS) is 12.6. The summed E-state index contributed by atoms with van der Waals surface area (Å²) < 4.78 is 0. The molecule has 0 N–H and O–H groups in total. The lowest BCUT2D eigenvalue weighted by Gasteiger charge is -2.25. The second-order valence-electron chi connectivity index (χ2n) is 5.77. The lowest BCUT2D eigenvalue weighted by molar-refractivity contribution is 0.252. The smallest absolute Gasteiger partial charge is 0.0448 e. The molecule has 112 valence electrons. The van der Waals surface area contributed by atoms with Gasteiger partial charge in [0.2, 0.25) is 0 Å². The maximum Gasteiger partial charge on any atom is 0.0448 e. The zero-order valence-corrected chi connectivity index (χ0v) is 13.3. The fraction of sp³-hybridized carbons (Fsp3) is 0.444. The highest BCUT2D eigenvalue weighted by atomic mass is 15.1. The summed E-state index contributed by atoms with van der Waals surface area (Å²) >= 11 is 0. The van der Waals surface area contributed by atoms with Crippen molar-refractivity contribution in [2.75, 3.05) is 13.6 Å². The summed E-state index contributed by atoms with van der Waals surface area (Å²) in [5.41, 5.74) is 3.82. The minimum Gasteiger partial charge on any atom is -0.303 e. The van der Waals surface area contributed by atoms with Crippen molar-refractivity contribution in [3.05, 3.63) is 59.7 Å². The van der Waals surface area contributed by atoms with Gasteiger partial charge in [-0.05, 0) is 63.5 Å². The Kier molecular flexibility index (Phi) is 5.88. The third-order valence-electron chi connectivity index (χ3n) is 4.06. The zero-order valence-electron chi connectivity index (χ0n) is 13.3. The van der Waals surface area contributed by atoms with Gasteiger partial charge in [-0.25, -0.2) is 0 Å². The van der Waals surface area contributed by atoms with E-state index in [2.05, 4.69) is 47.9 Å². The van der Waals surface area contributed by atoms with Crippen LogP contribution >= 0.6 is 0 Å². The number of hydrogen-bond donors (Lipinski definition) is 0. The maximum absolute atomic E-state index is 4.49. The molecule has 0 radical (unpaired) electrons. The minimum atomic E-state index is 0.507. The average Bonchev–Trinajstić information content (AvgIpc) is 2.50. The number of likely N-dealkylation sites (N-methyl/N-ethyl adjacent to an activating group) is 1. The minimum absolute atomic E-state index is 0.507. The predicted octanol–water partition coefficient (Wildman–Crippen LogP) is 3.28. The largest absolute Gasteiger partial charge is 0.303 e. The summed E-state index contributed by atoms with van der Waals surface area (Å²) in [6.45, 7) is 5.51. The summed E-state index contributed by atoms with van der Waals surface area (Å²) in [6, 6.07) is 8.80. The van der Waals surface area contributed by atoms with Gasteiger partial charge in [-0.1, -0.05) is 12.1 Å². The number of aromatic nitrogens is 2. The van der Waals surface area contributed by atoms with Gasteiger partial charge in [0.15, 0.2) is 0 Å². The topological polar surface area (TPSA) is 29.0 Å². The van der Waals surface area contributed by atoms with Crippen LogP contribution < -0.4 is 0 Å². The van der Waals surface area contributed by atoms with E-state index >= 15 is 0 Å². The molecule has 0 saturated heterocycles. The molecule has 0 aliphatic rings. The molecule has 0 aromatic carbocycles. The number of pyridine rings is 2. The molecule has 0 fully saturated rings. The van der Waals surface area contributed by atoms with Gasteiger partial charge in [0.05, 0.1) is 0 Å². The molecule has 1 unspecified atom stereocenters. The van der Waals surface area contributed by atoms with Gasteiger partial charge in [0.1, 0.15) is 0 Å². The van der Waals surface area contributed by atoms with Crippen LogP contribution in [-0.2, 0) is 12.8 Å². The Morgan fingerprint density at radius 1 is 1.19 bits per heavy atom. The van der Waals surface area contributed by atoms with Crippen LogP contribution in [0.5, 0.6) is 0 Å². The Balaban J connectivity index is 1.77. The van der Waals surface area contributed by atoms with Crippen LogP contribution in [0.15, 0.2) is 42.9 Å². The van der Waals surface area contributed by atoms with Crippen LogP contribution in [-0.4, -0.2) is 34.5 Å². The van der Waals surface area contributed by atoms with E-state index in [9.17, 15) is 0 Å². The second kappa shape index (κ2) is 7.89. The summed E-state index contributed by atoms with van der Waals surface area (Å²) in [5.74, 6) is 0. The molecule has 3 heteroatoms. The monoisotopic (exact) mass is 283 g/mol. The predicted molar refractivity (Wildman–Crippen MR) is 87.3 cm³/mol. The zero-order chi connectivity index (χ0) is 15.1. The van der Waals surface area contributed by atoms with E-state index < -0.39 is 0 Å². The number of hydrogen-bond acceptors (Lipinski definition) is 3. The van der Waals surface area contributed by atoms with Crippen LogP contribution in [0.25, 0.3) is 0 Å². The second-order valence-corrected chi connectivity index (χ2v) is 5.77. The van der Waals surface area contributed by atoms with E-state index in [1.54, 1.807) is 0 Å². The Morgan fingerprint density at radius 3 is 2.71 bits per heavy atom. The fourth-order valence-corrected chi connectivity index (χ4v) is 2.47. The van der Waals surface area contributed by atoms with Gasteiger partial charge in [0.25, 0.3) is 0 Å². The van der Waals surface area contributed by atoms with Gasteiger partial charge in [0, 0.05) is 36.7 Å². The van der Waals surface area contributed by atoms with Crippen molar-refractivity contribution in [3.8, 4) is 0 Å². The van der Waals surface area contributed by atoms with Gasteiger partial charge in [-0.2, -0.15) is 0 Å². The molecular formula is C18H25N3. The lowest BCUT2D eigenvalue weighted by atomic mass is 10.1. The average molecular weight is 283 g/mol. The van der Waals surface area contributed by atoms with Crippen molar-refractivity contribution >= 4 is 0 Å². The first-order valence-corrected chi connectivity index (χ1v) is 7.66. The van der Waals surface area contributed by atoms with E-state index in [1.807, 2.05) is 30.7 Å². The maximum atomic E-state index is 4.49. The Hall–Kier alpha value is -1.74. The highest BCUT2D eigenvalue weighted by Crippen LogP contribution is 2.10. The third kappa shape index (κ3) is 4.94. The van der Waals surface area contributed by atoms with Crippen molar-refractivity contribution in [2.24, 2.45) is 0 Å². The van der Waals surface area contributed by atoms with E-state index in [0.29, 0.717) is 6.04 Å². The molecule has 0 aliphatic carbocycles. The summed E-state index contributed by atoms with van der Waals surface area (Å²) in [6.07, 6.45) is 8.93. The fourth-order valence-electron chi connectivity index (χ4n) is 2.47. The summed E-state index contributed by atoms with van der Waals surface area (Å²) in [5, 5.41) is 0. The standard InChI is InChI=1S/C18H25N3/c1-15-7-4-11-20-18(15)13-16(2)21(3)12-6-9-17-8-5-10-19-14-17/h4-5,7-8,10-11,14,16H,6,9,12-13H2,1-3H3. The van der Waals surface area contributed by atoms with E-state index in [-0.39, 0.29) is 0 Å². The Bertz CT molecular complexity index is 539. The molecule has 0 saturated carbocycles. The number of rotatable bonds is 7. The molecule has 2 heterocycles. The molecule has 1 atom stereocenters. The number of aryl methyl sites for hydroxylation is 2. The first kappa shape index (κ1) is 15.6. The third-order valence-corrected chi connectivity index (χ3v) is 4.06. The van der Waals surface area contributed by atoms with Crippen LogP contribution in [0.4, 0.5) is 0 Å². The van der Waals surface area contributed by atoms with Crippen molar-refractivity contribution in [1.29, 1.82) is 0 Å². The molecular weight excluding hydrogens is 258 g/mol. The number of nitrogens with zero attached hydrogens (tertiary/aromatic N) is 3. The highest BCUT2D eigenvalue weighted by molar-refractivity contribution is 5.18. The Morgan fingerprint density at radius 2 is 2.00 bits per heavy atom. The molecule has 3 nitrogen and oxygen atoms in total. The van der Waals surface area contributed by atoms with Gasteiger partial charge < -0.3 is 4.90 Å². The molecule has 2 aromatic rings. The van der Waals surface area contributed by atoms with Crippen molar-refractivity contribution in [1.82, 2.24) is 14.9 Å². The summed E-state index contributed by atoms with van der Waals surface area (Å²) in [4.78, 5) is 11.1. The first-order valence-electron chi connectivity index (χ1n) is 7.66. The van der Waals surface area contributed by atoms with Crippen LogP contribution in [0, 0.1) is 6.92 Å².